The zero-order chi connectivity index (χ0) is 11.5. The Morgan fingerprint density at radius 2 is 2.38 bits per heavy atom. The molecule has 0 spiro atoms. The summed E-state index contributed by atoms with van der Waals surface area (Å²) in [4.78, 5) is 6.53. The Morgan fingerprint density at radius 1 is 1.62 bits per heavy atom. The summed E-state index contributed by atoms with van der Waals surface area (Å²) in [7, 11) is 0. The number of anilines is 1. The van der Waals surface area contributed by atoms with Gasteiger partial charge in [0.2, 0.25) is 0 Å². The number of hydrogen-bond donors (Lipinski definition) is 2. The fourth-order valence-electron chi connectivity index (χ4n) is 1.85. The molecule has 1 aromatic rings. The van der Waals surface area contributed by atoms with Crippen molar-refractivity contribution >= 4 is 5.82 Å². The number of aliphatic hydroxyl groups excluding tert-OH is 1. The van der Waals surface area contributed by atoms with E-state index >= 15 is 0 Å². The van der Waals surface area contributed by atoms with E-state index in [4.69, 9.17) is 10.8 Å². The molecule has 1 aromatic heterocycles. The summed E-state index contributed by atoms with van der Waals surface area (Å²) >= 11 is 0. The number of nitrogens with two attached hydrogens (primary N) is 1. The third-order valence-corrected chi connectivity index (χ3v) is 2.92. The molecule has 16 heavy (non-hydrogen) atoms. The molecule has 1 aliphatic rings. The highest BCUT2D eigenvalue weighted by molar-refractivity contribution is 5.44. The fraction of sp³-hybridized carbons (Fsp3) is 0.583. The van der Waals surface area contributed by atoms with Gasteiger partial charge in [-0.05, 0) is 37.5 Å². The van der Waals surface area contributed by atoms with Crippen molar-refractivity contribution in [1.29, 1.82) is 0 Å². The van der Waals surface area contributed by atoms with E-state index in [0.29, 0.717) is 12.6 Å². The molecule has 0 saturated heterocycles. The highest BCUT2D eigenvalue weighted by Gasteiger charge is 2.29. The van der Waals surface area contributed by atoms with Crippen LogP contribution in [0.15, 0.2) is 18.3 Å². The van der Waals surface area contributed by atoms with Gasteiger partial charge in [-0.1, -0.05) is 0 Å². The molecular formula is C12H19N3O. The average molecular weight is 221 g/mol. The highest BCUT2D eigenvalue weighted by atomic mass is 16.3. The maximum atomic E-state index is 9.06. The third-order valence-electron chi connectivity index (χ3n) is 2.92. The molecule has 2 rings (SSSR count). The number of pyridine rings is 1. The molecule has 1 heterocycles. The largest absolute Gasteiger partial charge is 0.395 e. The minimum atomic E-state index is 0.0249. The number of hydrogen-bond acceptors (Lipinski definition) is 4. The van der Waals surface area contributed by atoms with E-state index in [1.54, 1.807) is 6.20 Å². The van der Waals surface area contributed by atoms with Crippen molar-refractivity contribution in [3.63, 3.8) is 0 Å². The van der Waals surface area contributed by atoms with Gasteiger partial charge in [0, 0.05) is 24.8 Å². The normalized spacial score (nSPS) is 17.2. The minimum absolute atomic E-state index is 0.0249. The van der Waals surface area contributed by atoms with Gasteiger partial charge in [-0.15, -0.1) is 0 Å². The fourth-order valence-corrected chi connectivity index (χ4v) is 1.85. The molecule has 0 radical (unpaired) electrons. The van der Waals surface area contributed by atoms with Gasteiger partial charge in [0.25, 0.3) is 0 Å². The summed E-state index contributed by atoms with van der Waals surface area (Å²) in [5, 5.41) is 9.06. The molecule has 3 N–H and O–H groups in total. The molecule has 0 unspecified atom stereocenters. The van der Waals surface area contributed by atoms with E-state index in [2.05, 4.69) is 9.88 Å². The average Bonchev–Trinajstić information content (AvgIpc) is 3.10. The number of rotatable bonds is 5. The first-order valence-corrected chi connectivity index (χ1v) is 5.81. The molecule has 0 bridgehead atoms. The molecule has 4 nitrogen and oxygen atoms in total. The van der Waals surface area contributed by atoms with Crippen LogP contribution in [-0.2, 0) is 0 Å². The first kappa shape index (κ1) is 11.4. The Morgan fingerprint density at radius 3 is 2.94 bits per heavy atom. The van der Waals surface area contributed by atoms with E-state index in [0.717, 1.165) is 11.4 Å². The second-order valence-corrected chi connectivity index (χ2v) is 4.38. The molecular weight excluding hydrogens is 202 g/mol. The molecule has 0 amide bonds. The smallest absolute Gasteiger partial charge is 0.129 e. The maximum Gasteiger partial charge on any atom is 0.129 e. The second-order valence-electron chi connectivity index (χ2n) is 4.38. The van der Waals surface area contributed by atoms with Crippen molar-refractivity contribution in [3.8, 4) is 0 Å². The van der Waals surface area contributed by atoms with Crippen LogP contribution in [0.5, 0.6) is 0 Å². The van der Waals surface area contributed by atoms with Crippen LogP contribution in [0.1, 0.15) is 31.4 Å². The lowest BCUT2D eigenvalue weighted by Gasteiger charge is -2.23. The topological polar surface area (TPSA) is 62.4 Å². The van der Waals surface area contributed by atoms with Crippen LogP contribution < -0.4 is 10.6 Å². The summed E-state index contributed by atoms with van der Waals surface area (Å²) in [6.45, 7) is 2.78. The van der Waals surface area contributed by atoms with Gasteiger partial charge >= 0.3 is 0 Å². The van der Waals surface area contributed by atoms with Crippen LogP contribution in [0.4, 0.5) is 5.82 Å². The predicted molar refractivity (Wildman–Crippen MR) is 64.3 cm³/mol. The molecule has 0 aromatic carbocycles. The molecule has 4 heteroatoms. The van der Waals surface area contributed by atoms with Crippen molar-refractivity contribution in [2.75, 3.05) is 18.1 Å². The number of aromatic nitrogens is 1. The molecule has 1 fully saturated rings. The molecule has 88 valence electrons. The molecule has 1 saturated carbocycles. The van der Waals surface area contributed by atoms with E-state index < -0.39 is 0 Å². The Labute approximate surface area is 96.1 Å². The first-order valence-electron chi connectivity index (χ1n) is 5.81. The van der Waals surface area contributed by atoms with Gasteiger partial charge in [-0.25, -0.2) is 4.98 Å². The van der Waals surface area contributed by atoms with Gasteiger partial charge < -0.3 is 15.7 Å². The Bertz CT molecular complexity index is 350. The number of aliphatic hydroxyl groups is 1. The molecule has 1 atom stereocenters. The van der Waals surface area contributed by atoms with Crippen molar-refractivity contribution in [2.45, 2.75) is 31.8 Å². The maximum absolute atomic E-state index is 9.06. The van der Waals surface area contributed by atoms with Crippen molar-refractivity contribution < 1.29 is 5.11 Å². The lowest BCUT2D eigenvalue weighted by Crippen LogP contribution is -2.29. The molecule has 1 aliphatic carbocycles. The number of nitrogens with zero attached hydrogens (tertiary/aromatic N) is 2. The Balaban J connectivity index is 2.19. The van der Waals surface area contributed by atoms with E-state index in [1.807, 2.05) is 19.1 Å². The van der Waals surface area contributed by atoms with E-state index in [1.165, 1.54) is 12.8 Å². The van der Waals surface area contributed by atoms with Crippen LogP contribution in [0.25, 0.3) is 0 Å². The summed E-state index contributed by atoms with van der Waals surface area (Å²) in [5.41, 5.74) is 6.94. The van der Waals surface area contributed by atoms with Crippen LogP contribution in [0.3, 0.4) is 0 Å². The van der Waals surface area contributed by atoms with Crippen molar-refractivity contribution in [3.05, 3.63) is 23.9 Å². The van der Waals surface area contributed by atoms with Crippen LogP contribution in [-0.4, -0.2) is 29.3 Å². The van der Waals surface area contributed by atoms with E-state index in [-0.39, 0.29) is 12.6 Å². The van der Waals surface area contributed by atoms with Crippen molar-refractivity contribution in [2.24, 2.45) is 5.73 Å². The summed E-state index contributed by atoms with van der Waals surface area (Å²) < 4.78 is 0. The third kappa shape index (κ3) is 2.51. The summed E-state index contributed by atoms with van der Waals surface area (Å²) in [6, 6.07) is 4.55. The Kier molecular flexibility index (Phi) is 3.41. The lowest BCUT2D eigenvalue weighted by molar-refractivity contribution is 0.301. The first-order chi connectivity index (χ1) is 7.72. The van der Waals surface area contributed by atoms with E-state index in [9.17, 15) is 0 Å². The SMILES string of the molecule is C[C@@H](N)c1ccnc(N(CCO)C2CC2)c1. The quantitative estimate of drug-likeness (QED) is 0.780. The van der Waals surface area contributed by atoms with Crippen molar-refractivity contribution in [1.82, 2.24) is 4.98 Å². The highest BCUT2D eigenvalue weighted by Crippen LogP contribution is 2.30. The van der Waals surface area contributed by atoms with Crippen LogP contribution in [0.2, 0.25) is 0 Å². The van der Waals surface area contributed by atoms with Gasteiger partial charge in [0.05, 0.1) is 6.61 Å². The van der Waals surface area contributed by atoms with Crippen LogP contribution >= 0.6 is 0 Å². The molecule has 0 aliphatic heterocycles. The van der Waals surface area contributed by atoms with Gasteiger partial charge in [-0.3, -0.25) is 0 Å². The van der Waals surface area contributed by atoms with Gasteiger partial charge in [-0.2, -0.15) is 0 Å². The zero-order valence-corrected chi connectivity index (χ0v) is 9.63. The summed E-state index contributed by atoms with van der Waals surface area (Å²) in [6.07, 6.45) is 4.19. The van der Waals surface area contributed by atoms with Gasteiger partial charge in [0.1, 0.15) is 5.82 Å². The monoisotopic (exact) mass is 221 g/mol. The van der Waals surface area contributed by atoms with Gasteiger partial charge in [0.15, 0.2) is 0 Å². The minimum Gasteiger partial charge on any atom is -0.395 e. The predicted octanol–water partition coefficient (Wildman–Crippen LogP) is 1.06. The lowest BCUT2D eigenvalue weighted by atomic mass is 10.1. The standard InChI is InChI=1S/C12H19N3O/c1-9(13)10-4-5-14-12(8-10)15(6-7-16)11-2-3-11/h4-5,8-9,11,16H,2-3,6-7,13H2,1H3/t9-/m1/s1. The van der Waals surface area contributed by atoms with Crippen LogP contribution in [0, 0.1) is 0 Å². The summed E-state index contributed by atoms with van der Waals surface area (Å²) in [5.74, 6) is 0.936. The zero-order valence-electron chi connectivity index (χ0n) is 9.63. The second kappa shape index (κ2) is 4.80. The Hall–Kier alpha value is -1.13.